The Morgan fingerprint density at radius 1 is 1.13 bits per heavy atom. The van der Waals surface area contributed by atoms with Crippen LogP contribution in [0.5, 0.6) is 0 Å². The first-order valence-corrected chi connectivity index (χ1v) is 18.2. The molecule has 240 valence electrons. The summed E-state index contributed by atoms with van der Waals surface area (Å²) in [5.41, 5.74) is 3.28. The van der Waals surface area contributed by atoms with Gasteiger partial charge in [0.2, 0.25) is 0 Å². The molecule has 13 heteroatoms. The van der Waals surface area contributed by atoms with Crippen LogP contribution in [0.2, 0.25) is 10.0 Å². The Labute approximate surface area is 277 Å². The predicted molar refractivity (Wildman–Crippen MR) is 177 cm³/mol. The molecule has 45 heavy (non-hydrogen) atoms. The largest absolute Gasteiger partial charge is 0.376 e. The van der Waals surface area contributed by atoms with E-state index in [9.17, 15) is 13.2 Å². The number of hydrogen-bond acceptors (Lipinski definition) is 8. The fourth-order valence-corrected chi connectivity index (χ4v) is 8.39. The van der Waals surface area contributed by atoms with Gasteiger partial charge in [-0.2, -0.15) is 12.7 Å². The number of nitrogens with zero attached hydrogens (tertiary/aromatic N) is 3. The molecule has 0 spiro atoms. The zero-order chi connectivity index (χ0) is 31.9. The molecule has 2 aromatic carbocycles. The van der Waals surface area contributed by atoms with Gasteiger partial charge in [-0.25, -0.2) is 9.71 Å². The number of aromatic nitrogens is 2. The molecule has 9 nitrogen and oxygen atoms in total. The van der Waals surface area contributed by atoms with E-state index in [1.807, 2.05) is 6.07 Å². The Morgan fingerprint density at radius 2 is 1.89 bits per heavy atom. The van der Waals surface area contributed by atoms with Gasteiger partial charge < -0.3 is 9.26 Å². The first kappa shape index (κ1) is 32.4. The quantitative estimate of drug-likeness (QED) is 0.171. The van der Waals surface area contributed by atoms with Gasteiger partial charge in [0.15, 0.2) is 0 Å². The fraction of sp³-hybridized carbons (Fsp3) is 0.469. The fourth-order valence-electron chi connectivity index (χ4n) is 6.06. The van der Waals surface area contributed by atoms with Crippen molar-refractivity contribution >= 4 is 60.9 Å². The van der Waals surface area contributed by atoms with Crippen LogP contribution in [0.1, 0.15) is 84.0 Å². The van der Waals surface area contributed by atoms with Crippen molar-refractivity contribution in [2.24, 2.45) is 11.8 Å². The molecule has 1 N–H and O–H groups in total. The van der Waals surface area contributed by atoms with Crippen LogP contribution >= 0.6 is 34.5 Å². The first-order chi connectivity index (χ1) is 21.6. The maximum atomic E-state index is 12.7. The summed E-state index contributed by atoms with van der Waals surface area (Å²) in [6.45, 7) is 3.13. The summed E-state index contributed by atoms with van der Waals surface area (Å²) in [4.78, 5) is 17.7. The maximum absolute atomic E-state index is 12.7. The Kier molecular flexibility index (Phi) is 9.57. The summed E-state index contributed by atoms with van der Waals surface area (Å²) in [7, 11) is -1.16. The highest BCUT2D eigenvalue weighted by Crippen LogP contribution is 2.47. The topological polar surface area (TPSA) is 115 Å². The van der Waals surface area contributed by atoms with Crippen LogP contribution in [0, 0.1) is 11.8 Å². The van der Waals surface area contributed by atoms with E-state index in [1.165, 1.54) is 14.1 Å². The van der Waals surface area contributed by atoms with Crippen LogP contribution in [-0.2, 0) is 21.6 Å². The molecule has 2 saturated carbocycles. The van der Waals surface area contributed by atoms with Crippen molar-refractivity contribution in [3.63, 3.8) is 0 Å². The van der Waals surface area contributed by atoms with Crippen LogP contribution < -0.4 is 4.72 Å². The van der Waals surface area contributed by atoms with Gasteiger partial charge in [-0.1, -0.05) is 54.2 Å². The van der Waals surface area contributed by atoms with Gasteiger partial charge in [0, 0.05) is 42.6 Å². The molecular formula is C32H36Cl2N4O5S2. The second-order valence-electron chi connectivity index (χ2n) is 12.2. The van der Waals surface area contributed by atoms with Crippen LogP contribution in [0.25, 0.3) is 21.5 Å². The van der Waals surface area contributed by atoms with E-state index in [0.29, 0.717) is 46.4 Å². The second-order valence-corrected chi connectivity index (χ2v) is 15.9. The van der Waals surface area contributed by atoms with Crippen molar-refractivity contribution in [2.45, 2.75) is 63.9 Å². The number of nitrogens with one attached hydrogen (secondary N) is 1. The lowest BCUT2D eigenvalue weighted by molar-refractivity contribution is 0.0558. The van der Waals surface area contributed by atoms with Gasteiger partial charge in [-0.3, -0.25) is 4.79 Å². The lowest BCUT2D eigenvalue weighted by atomic mass is 9.73. The van der Waals surface area contributed by atoms with Crippen molar-refractivity contribution in [1.29, 1.82) is 0 Å². The minimum Gasteiger partial charge on any atom is -0.376 e. The predicted octanol–water partition coefficient (Wildman–Crippen LogP) is 7.80. The molecule has 2 aliphatic rings. The molecule has 2 fully saturated rings. The zero-order valence-electron chi connectivity index (χ0n) is 25.4. The van der Waals surface area contributed by atoms with Crippen LogP contribution in [0.3, 0.4) is 0 Å². The van der Waals surface area contributed by atoms with E-state index in [4.69, 9.17) is 37.4 Å². The van der Waals surface area contributed by atoms with E-state index in [-0.39, 0.29) is 17.4 Å². The van der Waals surface area contributed by atoms with Crippen LogP contribution in [0.4, 0.5) is 0 Å². The Hall–Kier alpha value is -2.54. The van der Waals surface area contributed by atoms with E-state index in [0.717, 1.165) is 69.4 Å². The third-order valence-corrected chi connectivity index (χ3v) is 12.1. The molecule has 2 aromatic heterocycles. The SMILES string of the molecule is CCC1CCC(COCc2c(-c3c(Cl)cccc3Cl)noc2C2CC2)C(c2nc3ccc(C(=O)NS(=O)(=O)N(C)C)cc3s2)C1. The highest BCUT2D eigenvalue weighted by molar-refractivity contribution is 7.87. The number of amides is 1. The van der Waals surface area contributed by atoms with Gasteiger partial charge >= 0.3 is 10.2 Å². The van der Waals surface area contributed by atoms with E-state index >= 15 is 0 Å². The Morgan fingerprint density at radius 3 is 2.58 bits per heavy atom. The molecular weight excluding hydrogens is 655 g/mol. The van der Waals surface area contributed by atoms with E-state index < -0.39 is 16.1 Å². The molecule has 0 radical (unpaired) electrons. The van der Waals surface area contributed by atoms with E-state index in [1.54, 1.807) is 41.7 Å². The van der Waals surface area contributed by atoms with Gasteiger partial charge in [-0.15, -0.1) is 11.3 Å². The molecule has 3 unspecified atom stereocenters. The van der Waals surface area contributed by atoms with Crippen LogP contribution in [0.15, 0.2) is 40.9 Å². The smallest absolute Gasteiger partial charge is 0.303 e. The van der Waals surface area contributed by atoms with Crippen LogP contribution in [-0.4, -0.2) is 49.5 Å². The number of hydrogen-bond donors (Lipinski definition) is 1. The van der Waals surface area contributed by atoms with Crippen molar-refractivity contribution in [3.8, 4) is 11.3 Å². The highest BCUT2D eigenvalue weighted by Gasteiger charge is 2.36. The van der Waals surface area contributed by atoms with Crippen molar-refractivity contribution in [2.75, 3.05) is 20.7 Å². The number of ether oxygens (including phenoxy) is 1. The van der Waals surface area contributed by atoms with Gasteiger partial charge in [0.1, 0.15) is 11.5 Å². The van der Waals surface area contributed by atoms with Crippen molar-refractivity contribution < 1.29 is 22.5 Å². The highest BCUT2D eigenvalue weighted by atomic mass is 35.5. The summed E-state index contributed by atoms with van der Waals surface area (Å²) >= 11 is 14.7. The lowest BCUT2D eigenvalue weighted by Crippen LogP contribution is -2.39. The average molecular weight is 692 g/mol. The summed E-state index contributed by atoms with van der Waals surface area (Å²) < 4.78 is 40.5. The molecule has 0 saturated heterocycles. The molecule has 0 aliphatic heterocycles. The monoisotopic (exact) mass is 690 g/mol. The number of carbonyl (C=O) groups excluding carboxylic acids is 1. The lowest BCUT2D eigenvalue weighted by Gasteiger charge is -2.34. The molecule has 3 atom stereocenters. The van der Waals surface area contributed by atoms with Crippen molar-refractivity contribution in [3.05, 3.63) is 68.3 Å². The zero-order valence-corrected chi connectivity index (χ0v) is 28.5. The van der Waals surface area contributed by atoms with Gasteiger partial charge in [0.25, 0.3) is 5.91 Å². The molecule has 4 aromatic rings. The van der Waals surface area contributed by atoms with E-state index in [2.05, 4.69) is 16.8 Å². The van der Waals surface area contributed by atoms with Gasteiger partial charge in [-0.05, 0) is 67.9 Å². The minimum atomic E-state index is -3.89. The molecule has 2 heterocycles. The number of rotatable bonds is 11. The summed E-state index contributed by atoms with van der Waals surface area (Å²) in [5, 5.41) is 6.45. The number of thiazole rings is 1. The average Bonchev–Trinajstić information content (AvgIpc) is 3.63. The summed E-state index contributed by atoms with van der Waals surface area (Å²) in [6, 6.07) is 10.5. The number of carbonyl (C=O) groups is 1. The molecule has 1 amide bonds. The standard InChI is InChI=1S/C32H36Cl2N4O5S2/c1-4-18-8-9-21(16-42-17-23-29(36-43-30(23)19-10-11-19)28-24(33)6-5-7-25(28)34)22(14-18)32-35-26-13-12-20(15-27(26)44-32)31(39)37-45(40,41)38(2)3/h5-7,12-13,15,18-19,21-22H,4,8-11,14,16-17H2,1-3H3,(H,37,39). The molecule has 2 aliphatic carbocycles. The van der Waals surface area contributed by atoms with Gasteiger partial charge in [0.05, 0.1) is 38.5 Å². The third kappa shape index (κ3) is 6.94. The number of benzene rings is 2. The number of halogens is 2. The first-order valence-electron chi connectivity index (χ1n) is 15.2. The Balaban J connectivity index is 1.21. The number of fused-ring (bicyclic) bond motifs is 1. The maximum Gasteiger partial charge on any atom is 0.303 e. The Bertz CT molecular complexity index is 1800. The summed E-state index contributed by atoms with van der Waals surface area (Å²) in [6.07, 6.45) is 6.41. The third-order valence-electron chi connectivity index (χ3n) is 8.91. The molecule has 0 bridgehead atoms. The second kappa shape index (κ2) is 13.3. The summed E-state index contributed by atoms with van der Waals surface area (Å²) in [5.74, 6) is 1.60. The van der Waals surface area contributed by atoms with Crippen molar-refractivity contribution in [1.82, 2.24) is 19.2 Å². The minimum absolute atomic E-state index is 0.204. The normalized spacial score (nSPS) is 20.6. The molecule has 6 rings (SSSR count).